The minimum absolute atomic E-state index is 0.301. The first-order valence-corrected chi connectivity index (χ1v) is 9.32. The Morgan fingerprint density at radius 2 is 2.00 bits per heavy atom. The Kier molecular flexibility index (Phi) is 4.57. The Hall–Kier alpha value is -2.15. The standard InChI is InChI=1S/C18H27N7/c1-13-9-17(22-18(19)21-13)20-11-14-10-16-12-24(7-8-25(16)23-14)15-5-3-2-4-6-15/h9-10,15H,2-8,11-12H2,1H3,(H3,19,20,21,22). The van der Waals surface area contributed by atoms with Crippen molar-refractivity contribution in [3.05, 3.63) is 29.2 Å². The van der Waals surface area contributed by atoms with Crippen molar-refractivity contribution < 1.29 is 0 Å². The maximum absolute atomic E-state index is 5.71. The summed E-state index contributed by atoms with van der Waals surface area (Å²) in [6.45, 7) is 5.70. The van der Waals surface area contributed by atoms with E-state index in [1.807, 2.05) is 13.0 Å². The van der Waals surface area contributed by atoms with Gasteiger partial charge < -0.3 is 11.1 Å². The molecule has 2 aliphatic rings. The molecule has 0 unspecified atom stereocenters. The van der Waals surface area contributed by atoms with Crippen LogP contribution in [0.1, 0.15) is 49.2 Å². The molecule has 3 heterocycles. The van der Waals surface area contributed by atoms with Crippen LogP contribution in [-0.4, -0.2) is 37.2 Å². The number of rotatable bonds is 4. The lowest BCUT2D eigenvalue weighted by Gasteiger charge is -2.36. The molecular formula is C18H27N7. The molecule has 0 bridgehead atoms. The monoisotopic (exact) mass is 341 g/mol. The third-order valence-corrected chi connectivity index (χ3v) is 5.29. The first kappa shape index (κ1) is 16.3. The van der Waals surface area contributed by atoms with E-state index in [0.717, 1.165) is 42.9 Å². The van der Waals surface area contributed by atoms with E-state index in [2.05, 4.69) is 30.9 Å². The van der Waals surface area contributed by atoms with Crippen molar-refractivity contribution in [3.63, 3.8) is 0 Å². The van der Waals surface area contributed by atoms with Crippen LogP contribution in [0.3, 0.4) is 0 Å². The van der Waals surface area contributed by atoms with Gasteiger partial charge in [0.2, 0.25) is 5.95 Å². The van der Waals surface area contributed by atoms with E-state index in [1.165, 1.54) is 37.8 Å². The van der Waals surface area contributed by atoms with Gasteiger partial charge in [0, 0.05) is 30.9 Å². The van der Waals surface area contributed by atoms with Gasteiger partial charge >= 0.3 is 0 Å². The number of hydrogen-bond donors (Lipinski definition) is 2. The van der Waals surface area contributed by atoms with Crippen LogP contribution in [0.5, 0.6) is 0 Å². The van der Waals surface area contributed by atoms with Crippen LogP contribution in [0.4, 0.5) is 11.8 Å². The molecule has 0 aromatic carbocycles. The van der Waals surface area contributed by atoms with Crippen molar-refractivity contribution in [2.24, 2.45) is 0 Å². The lowest BCUT2D eigenvalue weighted by Crippen LogP contribution is -2.42. The predicted molar refractivity (Wildman–Crippen MR) is 98.0 cm³/mol. The Labute approximate surface area is 148 Å². The number of fused-ring (bicyclic) bond motifs is 1. The second-order valence-corrected chi connectivity index (χ2v) is 7.22. The molecule has 0 spiro atoms. The Bertz CT molecular complexity index is 713. The summed E-state index contributed by atoms with van der Waals surface area (Å²) in [5, 5.41) is 8.05. The van der Waals surface area contributed by atoms with Gasteiger partial charge in [-0.05, 0) is 25.8 Å². The third kappa shape index (κ3) is 3.76. The molecule has 3 N–H and O–H groups in total. The Balaban J connectivity index is 1.39. The summed E-state index contributed by atoms with van der Waals surface area (Å²) in [4.78, 5) is 11.0. The van der Waals surface area contributed by atoms with Crippen LogP contribution in [0, 0.1) is 6.92 Å². The zero-order valence-corrected chi connectivity index (χ0v) is 14.9. The molecule has 2 aromatic heterocycles. The van der Waals surface area contributed by atoms with Gasteiger partial charge in [-0.2, -0.15) is 10.1 Å². The van der Waals surface area contributed by atoms with E-state index in [-0.39, 0.29) is 0 Å². The smallest absolute Gasteiger partial charge is 0.222 e. The van der Waals surface area contributed by atoms with Gasteiger partial charge in [0.1, 0.15) is 5.82 Å². The number of nitrogens with two attached hydrogens (primary N) is 1. The van der Waals surface area contributed by atoms with Crippen LogP contribution in [-0.2, 0) is 19.6 Å². The lowest BCUT2D eigenvalue weighted by molar-refractivity contribution is 0.119. The quantitative estimate of drug-likeness (QED) is 0.888. The van der Waals surface area contributed by atoms with Crippen LogP contribution in [0.25, 0.3) is 0 Å². The fraction of sp³-hybridized carbons (Fsp3) is 0.611. The first-order chi connectivity index (χ1) is 12.2. The summed E-state index contributed by atoms with van der Waals surface area (Å²) in [5.74, 6) is 1.05. The Morgan fingerprint density at radius 1 is 1.16 bits per heavy atom. The summed E-state index contributed by atoms with van der Waals surface area (Å²) in [6, 6.07) is 4.89. The average molecular weight is 341 g/mol. The summed E-state index contributed by atoms with van der Waals surface area (Å²) < 4.78 is 2.16. The number of nitrogens with zero attached hydrogens (tertiary/aromatic N) is 5. The van der Waals surface area contributed by atoms with E-state index < -0.39 is 0 Å². The van der Waals surface area contributed by atoms with Crippen molar-refractivity contribution in [2.45, 2.75) is 64.7 Å². The summed E-state index contributed by atoms with van der Waals surface area (Å²) >= 11 is 0. The van der Waals surface area contributed by atoms with E-state index in [4.69, 9.17) is 10.8 Å². The number of aromatic nitrogens is 4. The highest BCUT2D eigenvalue weighted by molar-refractivity contribution is 5.40. The molecule has 0 amide bonds. The number of hydrogen-bond acceptors (Lipinski definition) is 6. The van der Waals surface area contributed by atoms with Crippen LogP contribution in [0.2, 0.25) is 0 Å². The highest BCUT2D eigenvalue weighted by Gasteiger charge is 2.25. The molecule has 134 valence electrons. The molecule has 0 radical (unpaired) electrons. The maximum atomic E-state index is 5.71. The zero-order chi connectivity index (χ0) is 17.2. The molecule has 1 fully saturated rings. The summed E-state index contributed by atoms with van der Waals surface area (Å²) in [5.41, 5.74) is 8.95. The average Bonchev–Trinajstić information content (AvgIpc) is 3.02. The lowest BCUT2D eigenvalue weighted by atomic mass is 9.94. The van der Waals surface area contributed by atoms with Gasteiger partial charge in [-0.25, -0.2) is 4.98 Å². The molecule has 0 saturated heterocycles. The van der Waals surface area contributed by atoms with E-state index in [0.29, 0.717) is 12.5 Å². The summed E-state index contributed by atoms with van der Waals surface area (Å²) in [6.07, 6.45) is 6.90. The number of anilines is 2. The van der Waals surface area contributed by atoms with Gasteiger partial charge in [0.05, 0.1) is 24.5 Å². The normalized spacial score (nSPS) is 18.9. The number of nitrogens with one attached hydrogen (secondary N) is 1. The maximum Gasteiger partial charge on any atom is 0.222 e. The topological polar surface area (TPSA) is 84.9 Å². The van der Waals surface area contributed by atoms with E-state index >= 15 is 0 Å². The fourth-order valence-corrected chi connectivity index (χ4v) is 4.05. The molecule has 0 atom stereocenters. The molecular weight excluding hydrogens is 314 g/mol. The van der Waals surface area contributed by atoms with E-state index in [1.54, 1.807) is 0 Å². The minimum atomic E-state index is 0.301. The third-order valence-electron chi connectivity index (χ3n) is 5.29. The molecule has 2 aromatic rings. The number of aryl methyl sites for hydroxylation is 1. The molecule has 4 rings (SSSR count). The van der Waals surface area contributed by atoms with Gasteiger partial charge in [0.25, 0.3) is 0 Å². The zero-order valence-electron chi connectivity index (χ0n) is 14.9. The largest absolute Gasteiger partial charge is 0.368 e. The highest BCUT2D eigenvalue weighted by atomic mass is 15.3. The fourth-order valence-electron chi connectivity index (χ4n) is 4.05. The molecule has 7 heteroatoms. The molecule has 7 nitrogen and oxygen atoms in total. The van der Waals surface area contributed by atoms with Crippen molar-refractivity contribution in [1.82, 2.24) is 24.6 Å². The highest BCUT2D eigenvalue weighted by Crippen LogP contribution is 2.26. The van der Waals surface area contributed by atoms with Crippen molar-refractivity contribution >= 4 is 11.8 Å². The van der Waals surface area contributed by atoms with Crippen LogP contribution >= 0.6 is 0 Å². The molecule has 1 aliphatic heterocycles. The minimum Gasteiger partial charge on any atom is -0.368 e. The predicted octanol–water partition coefficient (Wildman–Crippen LogP) is 2.32. The first-order valence-electron chi connectivity index (χ1n) is 9.32. The Morgan fingerprint density at radius 3 is 2.80 bits per heavy atom. The van der Waals surface area contributed by atoms with E-state index in [9.17, 15) is 0 Å². The van der Waals surface area contributed by atoms with Crippen molar-refractivity contribution in [2.75, 3.05) is 17.6 Å². The van der Waals surface area contributed by atoms with Crippen molar-refractivity contribution in [1.29, 1.82) is 0 Å². The van der Waals surface area contributed by atoms with Gasteiger partial charge in [-0.15, -0.1) is 0 Å². The van der Waals surface area contributed by atoms with Crippen LogP contribution < -0.4 is 11.1 Å². The molecule has 25 heavy (non-hydrogen) atoms. The number of nitrogen functional groups attached to an aromatic ring is 1. The SMILES string of the molecule is Cc1cc(NCc2cc3n(n2)CCN(C2CCCCC2)C3)nc(N)n1. The second kappa shape index (κ2) is 7.00. The summed E-state index contributed by atoms with van der Waals surface area (Å²) in [7, 11) is 0. The second-order valence-electron chi connectivity index (χ2n) is 7.22. The molecule has 1 saturated carbocycles. The van der Waals surface area contributed by atoms with Gasteiger partial charge in [0.15, 0.2) is 0 Å². The van der Waals surface area contributed by atoms with Gasteiger partial charge in [-0.1, -0.05) is 19.3 Å². The van der Waals surface area contributed by atoms with Crippen molar-refractivity contribution in [3.8, 4) is 0 Å². The van der Waals surface area contributed by atoms with Gasteiger partial charge in [-0.3, -0.25) is 9.58 Å². The molecule has 1 aliphatic carbocycles. The van der Waals surface area contributed by atoms with Crippen LogP contribution in [0.15, 0.2) is 12.1 Å².